The molecule has 2 bridgehead atoms. The summed E-state index contributed by atoms with van der Waals surface area (Å²) in [4.78, 5) is 0. The van der Waals surface area contributed by atoms with Gasteiger partial charge in [0.2, 0.25) is 0 Å². The monoisotopic (exact) mass is 230 g/mol. The molecular weight excluding hydrogens is 212 g/mol. The van der Waals surface area contributed by atoms with Gasteiger partial charge in [-0.3, -0.25) is 0 Å². The van der Waals surface area contributed by atoms with Gasteiger partial charge in [0.25, 0.3) is 0 Å². The minimum Gasteiger partial charge on any atom is -0.371 e. The van der Waals surface area contributed by atoms with Crippen LogP contribution in [0.2, 0.25) is 0 Å². The van der Waals surface area contributed by atoms with Crippen molar-refractivity contribution in [1.29, 1.82) is 0 Å². The van der Waals surface area contributed by atoms with Crippen LogP contribution in [-0.4, -0.2) is 18.8 Å². The van der Waals surface area contributed by atoms with Gasteiger partial charge in [0, 0.05) is 6.42 Å². The molecule has 0 saturated carbocycles. The van der Waals surface area contributed by atoms with Gasteiger partial charge in [-0.2, -0.15) is 0 Å². The van der Waals surface area contributed by atoms with Gasteiger partial charge in [-0.15, -0.1) is 6.58 Å². The second-order valence-electron chi connectivity index (χ2n) is 4.88. The van der Waals surface area contributed by atoms with Gasteiger partial charge < -0.3 is 9.47 Å². The zero-order valence-electron chi connectivity index (χ0n) is 9.97. The zero-order chi connectivity index (χ0) is 11.7. The minimum absolute atomic E-state index is 0.217. The molecule has 3 atom stereocenters. The smallest absolute Gasteiger partial charge is 0.122 e. The average Bonchev–Trinajstić information content (AvgIpc) is 2.98. The highest BCUT2D eigenvalue weighted by atomic mass is 16.6. The van der Waals surface area contributed by atoms with Crippen LogP contribution in [0, 0.1) is 0 Å². The first-order chi connectivity index (χ1) is 8.35. The van der Waals surface area contributed by atoms with E-state index in [0.29, 0.717) is 12.7 Å². The second-order valence-corrected chi connectivity index (χ2v) is 4.88. The summed E-state index contributed by atoms with van der Waals surface area (Å²) in [5, 5.41) is 0. The maximum atomic E-state index is 6.12. The van der Waals surface area contributed by atoms with Gasteiger partial charge in [-0.1, -0.05) is 36.4 Å². The quantitative estimate of drug-likeness (QED) is 0.740. The first-order valence-electron chi connectivity index (χ1n) is 6.31. The maximum Gasteiger partial charge on any atom is 0.122 e. The van der Waals surface area contributed by atoms with Gasteiger partial charge in [0.15, 0.2) is 0 Å². The molecule has 0 amide bonds. The van der Waals surface area contributed by atoms with Gasteiger partial charge in [-0.05, 0) is 18.4 Å². The molecule has 2 heterocycles. The van der Waals surface area contributed by atoms with Crippen LogP contribution in [0.5, 0.6) is 0 Å². The van der Waals surface area contributed by atoms with Gasteiger partial charge in [0.05, 0.1) is 18.8 Å². The fourth-order valence-electron chi connectivity index (χ4n) is 3.14. The Hall–Kier alpha value is -1.12. The summed E-state index contributed by atoms with van der Waals surface area (Å²) < 4.78 is 12.1. The molecule has 0 aromatic heterocycles. The summed E-state index contributed by atoms with van der Waals surface area (Å²) in [6.07, 6.45) is 5.68. The van der Waals surface area contributed by atoms with E-state index in [-0.39, 0.29) is 11.7 Å². The topological polar surface area (TPSA) is 18.5 Å². The van der Waals surface area contributed by atoms with Crippen molar-refractivity contribution in [3.63, 3.8) is 0 Å². The number of hydrogen-bond acceptors (Lipinski definition) is 2. The first kappa shape index (κ1) is 11.0. The van der Waals surface area contributed by atoms with E-state index in [0.717, 1.165) is 12.8 Å². The molecule has 0 spiro atoms. The molecule has 2 heteroatoms. The molecular formula is C15H18O2. The van der Waals surface area contributed by atoms with E-state index in [4.69, 9.17) is 9.47 Å². The van der Waals surface area contributed by atoms with Crippen LogP contribution in [0.4, 0.5) is 0 Å². The normalized spacial score (nSPS) is 35.1. The second kappa shape index (κ2) is 4.28. The maximum absolute atomic E-state index is 6.12. The van der Waals surface area contributed by atoms with Crippen LogP contribution in [0.3, 0.4) is 0 Å². The summed E-state index contributed by atoms with van der Waals surface area (Å²) in [6, 6.07) is 10.5. The van der Waals surface area contributed by atoms with E-state index in [1.165, 1.54) is 12.0 Å². The number of rotatable bonds is 4. The minimum atomic E-state index is -0.238. The van der Waals surface area contributed by atoms with Crippen LogP contribution >= 0.6 is 0 Å². The van der Waals surface area contributed by atoms with Crippen LogP contribution in [-0.2, 0) is 15.1 Å². The Labute approximate surface area is 102 Å². The Morgan fingerprint density at radius 2 is 2.18 bits per heavy atom. The summed E-state index contributed by atoms with van der Waals surface area (Å²) >= 11 is 0. The third-order valence-electron chi connectivity index (χ3n) is 3.88. The molecule has 2 saturated heterocycles. The lowest BCUT2D eigenvalue weighted by atomic mass is 9.79. The Kier molecular flexibility index (Phi) is 2.77. The lowest BCUT2D eigenvalue weighted by Crippen LogP contribution is -2.39. The lowest BCUT2D eigenvalue weighted by molar-refractivity contribution is -0.0827. The fraction of sp³-hybridized carbons (Fsp3) is 0.467. The Morgan fingerprint density at radius 3 is 2.76 bits per heavy atom. The summed E-state index contributed by atoms with van der Waals surface area (Å²) in [5.41, 5.74) is 1.01. The molecule has 2 aliphatic rings. The first-order valence-corrected chi connectivity index (χ1v) is 6.31. The van der Waals surface area contributed by atoms with Crippen molar-refractivity contribution in [2.45, 2.75) is 37.1 Å². The van der Waals surface area contributed by atoms with Crippen molar-refractivity contribution < 1.29 is 9.47 Å². The van der Waals surface area contributed by atoms with Crippen molar-refractivity contribution >= 4 is 0 Å². The number of ether oxygens (including phenoxy) is 2. The third-order valence-corrected chi connectivity index (χ3v) is 3.88. The molecule has 3 rings (SSSR count). The lowest BCUT2D eigenvalue weighted by Gasteiger charge is -2.35. The van der Waals surface area contributed by atoms with Crippen molar-refractivity contribution in [1.82, 2.24) is 0 Å². The van der Waals surface area contributed by atoms with E-state index in [1.54, 1.807) is 0 Å². The van der Waals surface area contributed by atoms with Gasteiger partial charge in [-0.25, -0.2) is 0 Å². The van der Waals surface area contributed by atoms with E-state index in [2.05, 4.69) is 30.8 Å². The molecule has 17 heavy (non-hydrogen) atoms. The van der Waals surface area contributed by atoms with Crippen LogP contribution in [0.25, 0.3) is 0 Å². The highest BCUT2D eigenvalue weighted by Crippen LogP contribution is 2.50. The van der Waals surface area contributed by atoms with E-state index in [1.807, 2.05) is 12.1 Å². The largest absolute Gasteiger partial charge is 0.371 e. The molecule has 1 aromatic carbocycles. The predicted octanol–water partition coefficient (Wildman–Crippen LogP) is 3.04. The fourth-order valence-corrected chi connectivity index (χ4v) is 3.14. The number of hydrogen-bond donors (Lipinski definition) is 0. The number of benzene rings is 1. The van der Waals surface area contributed by atoms with Gasteiger partial charge in [0.1, 0.15) is 5.60 Å². The van der Waals surface area contributed by atoms with Crippen LogP contribution < -0.4 is 0 Å². The molecule has 90 valence electrons. The van der Waals surface area contributed by atoms with Gasteiger partial charge >= 0.3 is 0 Å². The Bertz CT molecular complexity index is 401. The summed E-state index contributed by atoms with van der Waals surface area (Å²) in [6.45, 7) is 4.33. The molecule has 0 N–H and O–H groups in total. The van der Waals surface area contributed by atoms with Crippen molar-refractivity contribution in [3.05, 3.63) is 48.6 Å². The average molecular weight is 230 g/mol. The van der Waals surface area contributed by atoms with Crippen molar-refractivity contribution in [2.24, 2.45) is 0 Å². The van der Waals surface area contributed by atoms with E-state index < -0.39 is 0 Å². The predicted molar refractivity (Wildman–Crippen MR) is 66.8 cm³/mol. The summed E-state index contributed by atoms with van der Waals surface area (Å²) in [7, 11) is 0. The Morgan fingerprint density at radius 1 is 1.35 bits per heavy atom. The molecule has 1 aromatic rings. The van der Waals surface area contributed by atoms with Crippen molar-refractivity contribution in [3.8, 4) is 0 Å². The Balaban J connectivity index is 1.94. The summed E-state index contributed by atoms with van der Waals surface area (Å²) in [5.74, 6) is 0. The zero-order valence-corrected chi connectivity index (χ0v) is 9.97. The van der Waals surface area contributed by atoms with Crippen molar-refractivity contribution in [2.75, 3.05) is 6.61 Å². The molecule has 0 aliphatic carbocycles. The molecule has 2 nitrogen and oxygen atoms in total. The standard InChI is InChI=1S/C15H18O2/c1-2-10-16-15(12-6-4-3-5-7-12)11-13-8-9-14(15)17-13/h2-7,13-14H,1,8-11H2/t13-,14+,15-/m1/s1. The SMILES string of the molecule is C=CCO[C@@]1(c2ccccc2)C[C@H]2CC[C@@H]1O2. The molecule has 0 unspecified atom stereocenters. The third kappa shape index (κ3) is 1.72. The van der Waals surface area contributed by atoms with E-state index >= 15 is 0 Å². The highest BCUT2D eigenvalue weighted by molar-refractivity contribution is 5.27. The van der Waals surface area contributed by atoms with Crippen LogP contribution in [0.15, 0.2) is 43.0 Å². The van der Waals surface area contributed by atoms with Crippen LogP contribution in [0.1, 0.15) is 24.8 Å². The molecule has 2 fully saturated rings. The molecule has 0 radical (unpaired) electrons. The molecule has 2 aliphatic heterocycles. The highest BCUT2D eigenvalue weighted by Gasteiger charge is 2.54. The number of fused-ring (bicyclic) bond motifs is 2. The van der Waals surface area contributed by atoms with E-state index in [9.17, 15) is 0 Å².